The highest BCUT2D eigenvalue weighted by Crippen LogP contribution is 2.40. The minimum Gasteiger partial charge on any atom is -0.491 e. The normalized spacial score (nSPS) is 15.5. The molecule has 0 saturated carbocycles. The maximum Gasteiger partial charge on any atom is 0.407 e. The fourth-order valence-corrected chi connectivity index (χ4v) is 9.28. The molecule has 4 bridgehead atoms. The van der Waals surface area contributed by atoms with Crippen molar-refractivity contribution in [3.05, 3.63) is 107 Å². The van der Waals surface area contributed by atoms with Gasteiger partial charge in [0.15, 0.2) is 0 Å². The monoisotopic (exact) mass is 1220 g/mol. The van der Waals surface area contributed by atoms with Gasteiger partial charge in [-0.3, -0.25) is 24.0 Å². The van der Waals surface area contributed by atoms with Crippen molar-refractivity contribution in [3.63, 3.8) is 0 Å². The van der Waals surface area contributed by atoms with E-state index in [1.54, 1.807) is 111 Å². The highest BCUT2D eigenvalue weighted by Gasteiger charge is 2.36. The maximum absolute atomic E-state index is 15.4. The molecule has 4 atom stereocenters. The molecule has 0 spiro atoms. The van der Waals surface area contributed by atoms with Crippen molar-refractivity contribution in [1.82, 2.24) is 42.1 Å². The molecule has 4 aromatic rings. The number of ether oxygens (including phenoxy) is 5. The van der Waals surface area contributed by atoms with Crippen molar-refractivity contribution in [2.75, 3.05) is 46.4 Å². The Balaban J connectivity index is 1.61. The maximum atomic E-state index is 15.4. The van der Waals surface area contributed by atoms with Crippen molar-refractivity contribution < 1.29 is 62.0 Å². The average molecular weight is 1220 g/mol. The molecule has 0 radical (unpaired) electrons. The second-order valence-corrected chi connectivity index (χ2v) is 24.5. The first-order valence-electron chi connectivity index (χ1n) is 30.0. The molecule has 4 aromatic carbocycles. The number of nitriles is 1. The lowest BCUT2D eigenvalue weighted by atomic mass is 9.93. The van der Waals surface area contributed by atoms with Crippen LogP contribution in [0.5, 0.6) is 11.5 Å². The lowest BCUT2D eigenvalue weighted by Crippen LogP contribution is -2.56. The molecule has 88 heavy (non-hydrogen) atoms. The molecule has 8 amide bonds. The summed E-state index contributed by atoms with van der Waals surface area (Å²) in [7, 11) is 1.41. The molecule has 0 aliphatic carbocycles. The summed E-state index contributed by atoms with van der Waals surface area (Å²) in [5, 5.41) is 28.5. The van der Waals surface area contributed by atoms with E-state index in [1.807, 2.05) is 30.3 Å². The number of fused-ring (bicyclic) bond motifs is 5. The van der Waals surface area contributed by atoms with Gasteiger partial charge in [-0.05, 0) is 166 Å². The summed E-state index contributed by atoms with van der Waals surface area (Å²) >= 11 is 0. The van der Waals surface area contributed by atoms with Crippen LogP contribution in [0.15, 0.2) is 84.9 Å². The van der Waals surface area contributed by atoms with E-state index in [4.69, 9.17) is 23.7 Å². The van der Waals surface area contributed by atoms with Crippen LogP contribution in [0.25, 0.3) is 22.3 Å². The first-order chi connectivity index (χ1) is 41.5. The third-order valence-electron chi connectivity index (χ3n) is 13.5. The predicted octanol–water partition coefficient (Wildman–Crippen LogP) is 8.74. The summed E-state index contributed by atoms with van der Waals surface area (Å²) in [5.74, 6) is -2.91. The van der Waals surface area contributed by atoms with Gasteiger partial charge in [0.25, 0.3) is 5.91 Å². The third kappa shape index (κ3) is 23.1. The number of nitrogens with one attached hydrogen (secondary N) is 7. The first kappa shape index (κ1) is 69.9. The van der Waals surface area contributed by atoms with Crippen LogP contribution >= 0.6 is 0 Å². The van der Waals surface area contributed by atoms with Gasteiger partial charge in [0.1, 0.15) is 65.7 Å². The van der Waals surface area contributed by atoms with E-state index in [0.29, 0.717) is 29.5 Å². The van der Waals surface area contributed by atoms with Crippen molar-refractivity contribution in [1.29, 1.82) is 5.26 Å². The van der Waals surface area contributed by atoms with E-state index < -0.39 is 88.8 Å². The SMILES string of the molecule is CCCCc1ccc(-c2ccc(C(=O)N[C@@H](CCCCNC(=O)OC(C)(C)C)C(=O)N(C)[C@@H]3C(=O)N[C@@H](C)C(=O)N[C@H](C(=O)NCCC#N)Cc4ccc(OCCNC(=O)OC(C)(C)C)c(c4)-c4cc3ccc4OCCNC(=O)OC(C)(C)C)cc2)cc1. The van der Waals surface area contributed by atoms with E-state index in [9.17, 15) is 34.0 Å². The summed E-state index contributed by atoms with van der Waals surface area (Å²) < 4.78 is 29.0. The molecular formula is C66H89N9O13. The second kappa shape index (κ2) is 32.8. The number of likely N-dealkylation sites (N-methyl/N-ethyl adjacent to an activating group) is 1. The quantitative estimate of drug-likeness (QED) is 0.0255. The molecule has 1 heterocycles. The number of unbranched alkanes of at least 4 members (excludes halogenated alkanes) is 2. The lowest BCUT2D eigenvalue weighted by Gasteiger charge is -2.33. The molecule has 0 unspecified atom stereocenters. The number of benzene rings is 4. The Morgan fingerprint density at radius 1 is 0.648 bits per heavy atom. The van der Waals surface area contributed by atoms with Crippen molar-refractivity contribution >= 4 is 47.8 Å². The van der Waals surface area contributed by atoms with Crippen LogP contribution in [-0.2, 0) is 46.2 Å². The van der Waals surface area contributed by atoms with Crippen LogP contribution in [0, 0.1) is 11.3 Å². The topological polar surface area (TPSA) is 294 Å². The molecule has 5 rings (SSSR count). The van der Waals surface area contributed by atoms with Crippen LogP contribution in [0.2, 0.25) is 0 Å². The van der Waals surface area contributed by atoms with Crippen molar-refractivity contribution in [2.45, 2.75) is 168 Å². The number of hydrogen-bond acceptors (Lipinski definition) is 14. The average Bonchev–Trinajstić information content (AvgIpc) is 0.926. The number of carbonyl (C=O) groups excluding carboxylic acids is 8. The van der Waals surface area contributed by atoms with Gasteiger partial charge in [-0.2, -0.15) is 5.26 Å². The van der Waals surface area contributed by atoms with E-state index in [2.05, 4.69) is 56.3 Å². The fraction of sp³-hybridized carbons (Fsp3) is 0.500. The van der Waals surface area contributed by atoms with Crippen LogP contribution < -0.4 is 46.7 Å². The minimum atomic E-state index is -1.52. The van der Waals surface area contributed by atoms with Gasteiger partial charge in [0, 0.05) is 43.2 Å². The number of aryl methyl sites for hydroxylation is 1. The Labute approximate surface area is 517 Å². The first-order valence-corrected chi connectivity index (χ1v) is 30.0. The van der Waals surface area contributed by atoms with E-state index in [1.165, 1.54) is 24.4 Å². The molecule has 7 N–H and O–H groups in total. The molecule has 1 aliphatic heterocycles. The number of carbonyl (C=O) groups is 8. The Morgan fingerprint density at radius 3 is 1.73 bits per heavy atom. The van der Waals surface area contributed by atoms with Crippen molar-refractivity contribution in [2.24, 2.45) is 0 Å². The van der Waals surface area contributed by atoms with Gasteiger partial charge in [-0.1, -0.05) is 61.9 Å². The molecular weight excluding hydrogens is 1130 g/mol. The van der Waals surface area contributed by atoms with Gasteiger partial charge in [0.05, 0.1) is 25.6 Å². The van der Waals surface area contributed by atoms with Gasteiger partial charge >= 0.3 is 18.3 Å². The van der Waals surface area contributed by atoms with Gasteiger partial charge in [-0.25, -0.2) is 14.4 Å². The number of alkyl carbamates (subject to hydrolysis) is 3. The van der Waals surface area contributed by atoms with Gasteiger partial charge in [-0.15, -0.1) is 0 Å². The highest BCUT2D eigenvalue weighted by molar-refractivity contribution is 6.00. The zero-order chi connectivity index (χ0) is 64.8. The Bertz CT molecular complexity index is 3090. The summed E-state index contributed by atoms with van der Waals surface area (Å²) in [6.07, 6.45) is 1.87. The molecule has 476 valence electrons. The molecule has 22 nitrogen and oxygen atoms in total. The van der Waals surface area contributed by atoms with Crippen molar-refractivity contribution in [3.8, 4) is 39.8 Å². The predicted molar refractivity (Wildman–Crippen MR) is 333 cm³/mol. The van der Waals surface area contributed by atoms with Crippen LogP contribution in [0.1, 0.15) is 148 Å². The Hall–Kier alpha value is -8.87. The number of hydrogen-bond donors (Lipinski definition) is 7. The molecule has 1 aliphatic rings. The number of rotatable bonds is 24. The van der Waals surface area contributed by atoms with Crippen LogP contribution in [-0.4, -0.2) is 134 Å². The molecule has 0 fully saturated rings. The van der Waals surface area contributed by atoms with Crippen LogP contribution in [0.4, 0.5) is 14.4 Å². The number of amides is 8. The van der Waals surface area contributed by atoms with Crippen LogP contribution in [0.3, 0.4) is 0 Å². The lowest BCUT2D eigenvalue weighted by molar-refractivity contribution is -0.141. The summed E-state index contributed by atoms with van der Waals surface area (Å²) in [5.41, 5.74) is 2.53. The molecule has 0 saturated heterocycles. The number of nitrogens with zero attached hydrogens (tertiary/aromatic N) is 2. The Kier molecular flexibility index (Phi) is 26.0. The van der Waals surface area contributed by atoms with E-state index in [-0.39, 0.29) is 81.3 Å². The zero-order valence-corrected chi connectivity index (χ0v) is 53.0. The zero-order valence-electron chi connectivity index (χ0n) is 53.0. The molecule has 0 aromatic heterocycles. The summed E-state index contributed by atoms with van der Waals surface area (Å²) in [4.78, 5) is 112. The standard InChI is InChI=1S/C66H89N9O13/c1-13-14-18-43-20-23-45(24-21-43)46-25-27-47(28-26-46)57(77)73-51(19-15-16-33-69-61(81)86-64(3,4)5)60(80)75(12)55-48-29-31-54(85-38-36-71-63(83)88-66(9,10)11)50(41-48)49-39-44(22-30-53(49)84-37-35-70-62(82)87-65(6,7)8)40-52(58(78)68-34-17-32-67)74-56(76)42(2)72-59(55)79/h20-31,39,41-42,51-52,55H,13-19,33-38,40H2,1-12H3,(H,68,78)(H,69,81)(H,70,82)(H,71,83)(H,72,79)(H,73,77)(H,74,76)/t42-,51-,52-,55-/m0/s1. The highest BCUT2D eigenvalue weighted by atomic mass is 16.6. The second-order valence-electron chi connectivity index (χ2n) is 24.5. The fourth-order valence-electron chi connectivity index (χ4n) is 9.28. The third-order valence-corrected chi connectivity index (χ3v) is 13.5. The van der Waals surface area contributed by atoms with Gasteiger partial charge in [0.2, 0.25) is 23.6 Å². The van der Waals surface area contributed by atoms with E-state index in [0.717, 1.165) is 30.4 Å². The summed E-state index contributed by atoms with van der Waals surface area (Å²) in [6, 6.07) is 21.9. The smallest absolute Gasteiger partial charge is 0.407 e. The van der Waals surface area contributed by atoms with Gasteiger partial charge < -0.3 is 65.8 Å². The van der Waals surface area contributed by atoms with E-state index >= 15 is 9.59 Å². The largest absolute Gasteiger partial charge is 0.491 e. The minimum absolute atomic E-state index is 0.000410. The summed E-state index contributed by atoms with van der Waals surface area (Å²) in [6.45, 7) is 19.3. The Morgan fingerprint density at radius 2 is 1.18 bits per heavy atom. The molecule has 22 heteroatoms.